The zero-order valence-corrected chi connectivity index (χ0v) is 25.9. The van der Waals surface area contributed by atoms with Crippen LogP contribution < -0.4 is 0 Å². The lowest BCUT2D eigenvalue weighted by molar-refractivity contribution is -0.270. The second-order valence-electron chi connectivity index (χ2n) is 9.96. The van der Waals surface area contributed by atoms with E-state index >= 15 is 0 Å². The number of hydrogen-bond donors (Lipinski definition) is 0. The number of aromatic nitrogens is 5. The molecule has 46 heavy (non-hydrogen) atoms. The molecule has 2 aromatic heterocycles. The van der Waals surface area contributed by atoms with E-state index in [0.717, 1.165) is 32.4 Å². The van der Waals surface area contributed by atoms with Crippen LogP contribution in [0.15, 0.2) is 35.0 Å². The standard InChI is InChI=1S/C28H30ClN5O12/c1-14(35)40-13-21-24(42-15(2)36)25(43-16(3)37)26(44-17(4)38)28(45-21)34-11-20(31-33-34)12-41-23(39)10-9-22-30-27(32-46-22)18-5-7-19(29)8-6-18/h5-8,11,21,24-26,28H,9-10,12-13H2,1-4H3/t21-,24-,25+,26-,28-/m1/s1. The van der Waals surface area contributed by atoms with Crippen molar-refractivity contribution < 1.29 is 56.9 Å². The van der Waals surface area contributed by atoms with Crippen molar-refractivity contribution in [2.24, 2.45) is 0 Å². The van der Waals surface area contributed by atoms with Crippen LogP contribution in [-0.4, -0.2) is 86.0 Å². The van der Waals surface area contributed by atoms with Crippen LogP contribution in [-0.2, 0) is 65.4 Å². The summed E-state index contributed by atoms with van der Waals surface area (Å²) in [5.74, 6) is -2.97. The molecule has 1 fully saturated rings. The van der Waals surface area contributed by atoms with Gasteiger partial charge in [0.25, 0.3) is 0 Å². The van der Waals surface area contributed by atoms with Gasteiger partial charge in [0.05, 0.1) is 12.6 Å². The van der Waals surface area contributed by atoms with E-state index in [1.165, 1.54) is 6.20 Å². The Morgan fingerprint density at radius 3 is 2.17 bits per heavy atom. The number of rotatable bonds is 12. The van der Waals surface area contributed by atoms with E-state index in [4.69, 9.17) is 44.5 Å². The Bertz CT molecular complexity index is 1560. The summed E-state index contributed by atoms with van der Waals surface area (Å²) in [5, 5.41) is 12.4. The molecule has 0 amide bonds. The maximum absolute atomic E-state index is 12.4. The molecule has 17 nitrogen and oxygen atoms in total. The van der Waals surface area contributed by atoms with Crippen molar-refractivity contribution in [1.82, 2.24) is 25.1 Å². The molecule has 18 heteroatoms. The number of nitrogens with zero attached hydrogens (tertiary/aromatic N) is 5. The van der Waals surface area contributed by atoms with Gasteiger partial charge in [-0.3, -0.25) is 24.0 Å². The van der Waals surface area contributed by atoms with E-state index in [9.17, 15) is 24.0 Å². The normalized spacial score (nSPS) is 20.8. The van der Waals surface area contributed by atoms with Gasteiger partial charge in [-0.15, -0.1) is 5.10 Å². The molecule has 0 N–H and O–H groups in total. The molecule has 3 heterocycles. The van der Waals surface area contributed by atoms with Gasteiger partial charge in [0.1, 0.15) is 25.0 Å². The molecule has 0 bridgehead atoms. The van der Waals surface area contributed by atoms with Gasteiger partial charge in [0.15, 0.2) is 24.5 Å². The van der Waals surface area contributed by atoms with Crippen LogP contribution in [0.25, 0.3) is 11.4 Å². The molecule has 1 aromatic carbocycles. The van der Waals surface area contributed by atoms with E-state index in [0.29, 0.717) is 16.4 Å². The summed E-state index contributed by atoms with van der Waals surface area (Å²) in [6.07, 6.45) is -5.18. The van der Waals surface area contributed by atoms with Crippen molar-refractivity contribution in [3.63, 3.8) is 0 Å². The lowest BCUT2D eigenvalue weighted by Crippen LogP contribution is -2.60. The first-order chi connectivity index (χ1) is 21.9. The van der Waals surface area contributed by atoms with E-state index in [1.807, 2.05) is 0 Å². The number of esters is 5. The van der Waals surface area contributed by atoms with Gasteiger partial charge >= 0.3 is 29.8 Å². The lowest BCUT2D eigenvalue weighted by atomic mass is 9.97. The van der Waals surface area contributed by atoms with Gasteiger partial charge < -0.3 is 32.9 Å². The van der Waals surface area contributed by atoms with Crippen molar-refractivity contribution in [1.29, 1.82) is 0 Å². The number of benzene rings is 1. The summed E-state index contributed by atoms with van der Waals surface area (Å²) in [6, 6.07) is 6.85. The molecule has 3 aromatic rings. The Hall–Kier alpha value is -4.90. The first-order valence-corrected chi connectivity index (χ1v) is 14.2. The van der Waals surface area contributed by atoms with Gasteiger partial charge in [-0.1, -0.05) is 22.0 Å². The van der Waals surface area contributed by atoms with Gasteiger partial charge in [0.2, 0.25) is 11.7 Å². The summed E-state index contributed by atoms with van der Waals surface area (Å²) >= 11 is 5.90. The predicted molar refractivity (Wildman–Crippen MR) is 150 cm³/mol. The highest BCUT2D eigenvalue weighted by Crippen LogP contribution is 2.34. The van der Waals surface area contributed by atoms with E-state index in [2.05, 4.69) is 20.5 Å². The first kappa shape index (κ1) is 34.0. The third-order valence-corrected chi connectivity index (χ3v) is 6.53. The van der Waals surface area contributed by atoms with Crippen molar-refractivity contribution in [3.05, 3.63) is 47.1 Å². The summed E-state index contributed by atoms with van der Waals surface area (Å²) in [5.41, 5.74) is 0.880. The Morgan fingerprint density at radius 2 is 1.52 bits per heavy atom. The van der Waals surface area contributed by atoms with Crippen LogP contribution in [0.1, 0.15) is 51.9 Å². The fraction of sp³-hybridized carbons (Fsp3) is 0.464. The second kappa shape index (κ2) is 15.4. The van der Waals surface area contributed by atoms with E-state index < -0.39 is 67.1 Å². The van der Waals surface area contributed by atoms with Crippen LogP contribution in [0.4, 0.5) is 0 Å². The van der Waals surface area contributed by atoms with Crippen molar-refractivity contribution in [2.75, 3.05) is 6.61 Å². The average molecular weight is 664 g/mol. The van der Waals surface area contributed by atoms with Crippen LogP contribution in [0.5, 0.6) is 0 Å². The Labute approximate surface area is 266 Å². The molecule has 5 atom stereocenters. The first-order valence-electron chi connectivity index (χ1n) is 13.8. The van der Waals surface area contributed by atoms with Gasteiger partial charge in [-0.2, -0.15) is 4.98 Å². The van der Waals surface area contributed by atoms with Crippen molar-refractivity contribution in [3.8, 4) is 11.4 Å². The quantitative estimate of drug-likeness (QED) is 0.200. The number of ether oxygens (including phenoxy) is 6. The average Bonchev–Trinajstić information content (AvgIpc) is 3.66. The minimum Gasteiger partial charge on any atom is -0.463 e. The minimum absolute atomic E-state index is 0.0733. The Balaban J connectivity index is 1.44. The predicted octanol–water partition coefficient (Wildman–Crippen LogP) is 1.91. The fourth-order valence-corrected chi connectivity index (χ4v) is 4.56. The highest BCUT2D eigenvalue weighted by Gasteiger charge is 2.53. The molecule has 0 radical (unpaired) electrons. The van der Waals surface area contributed by atoms with Crippen LogP contribution >= 0.6 is 11.6 Å². The Morgan fingerprint density at radius 1 is 0.870 bits per heavy atom. The van der Waals surface area contributed by atoms with Crippen molar-refractivity contribution in [2.45, 2.75) is 77.8 Å². The lowest BCUT2D eigenvalue weighted by Gasteiger charge is -2.44. The molecule has 1 saturated heterocycles. The molecule has 0 aliphatic carbocycles. The van der Waals surface area contributed by atoms with Crippen LogP contribution in [0, 0.1) is 0 Å². The maximum Gasteiger partial charge on any atom is 0.306 e. The molecular formula is C28H30ClN5O12. The van der Waals surface area contributed by atoms with Gasteiger partial charge in [0, 0.05) is 44.7 Å². The summed E-state index contributed by atoms with van der Waals surface area (Å²) in [6.45, 7) is 3.82. The topological polar surface area (TPSA) is 210 Å². The Kier molecular flexibility index (Phi) is 11.4. The summed E-state index contributed by atoms with van der Waals surface area (Å²) in [7, 11) is 0. The largest absolute Gasteiger partial charge is 0.463 e. The molecular weight excluding hydrogens is 634 g/mol. The molecule has 0 unspecified atom stereocenters. The third-order valence-electron chi connectivity index (χ3n) is 6.28. The van der Waals surface area contributed by atoms with Crippen LogP contribution in [0.3, 0.4) is 0 Å². The molecule has 1 aliphatic heterocycles. The van der Waals surface area contributed by atoms with Crippen LogP contribution in [0.2, 0.25) is 5.02 Å². The highest BCUT2D eigenvalue weighted by atomic mass is 35.5. The van der Waals surface area contributed by atoms with Gasteiger partial charge in [-0.25, -0.2) is 4.68 Å². The number of aryl methyl sites for hydroxylation is 1. The maximum atomic E-state index is 12.4. The smallest absolute Gasteiger partial charge is 0.306 e. The number of carbonyl (C=O) groups is 5. The second-order valence-corrected chi connectivity index (χ2v) is 10.4. The van der Waals surface area contributed by atoms with Gasteiger partial charge in [-0.05, 0) is 24.3 Å². The monoisotopic (exact) mass is 663 g/mol. The highest BCUT2D eigenvalue weighted by molar-refractivity contribution is 6.30. The fourth-order valence-electron chi connectivity index (χ4n) is 4.43. The molecule has 4 rings (SSSR count). The zero-order chi connectivity index (χ0) is 33.4. The third kappa shape index (κ3) is 9.31. The number of halogens is 1. The van der Waals surface area contributed by atoms with E-state index in [-0.39, 0.29) is 31.0 Å². The number of hydrogen-bond acceptors (Lipinski definition) is 16. The summed E-state index contributed by atoms with van der Waals surface area (Å²) < 4.78 is 39.0. The molecule has 1 aliphatic rings. The molecule has 0 saturated carbocycles. The summed E-state index contributed by atoms with van der Waals surface area (Å²) in [4.78, 5) is 64.2. The molecule has 0 spiro atoms. The SMILES string of the molecule is CC(=O)OC[C@H]1O[C@@H](n2cc(COC(=O)CCc3nc(-c4ccc(Cl)cc4)no3)nn2)[C@H](OC(C)=O)[C@@H](OC(C)=O)[C@@H]1OC(C)=O. The van der Waals surface area contributed by atoms with Crippen molar-refractivity contribution >= 4 is 41.4 Å². The molecule has 246 valence electrons. The zero-order valence-electron chi connectivity index (χ0n) is 25.1. The van der Waals surface area contributed by atoms with E-state index in [1.54, 1.807) is 24.3 Å². The number of carbonyl (C=O) groups excluding carboxylic acids is 5. The minimum atomic E-state index is -1.39.